The lowest BCUT2D eigenvalue weighted by Gasteiger charge is -2.25. The maximum absolute atomic E-state index is 14.2. The van der Waals surface area contributed by atoms with Gasteiger partial charge in [-0.15, -0.1) is 0 Å². The second-order valence-corrected chi connectivity index (χ2v) is 8.58. The lowest BCUT2D eigenvalue weighted by molar-refractivity contribution is -0.114. The van der Waals surface area contributed by atoms with E-state index in [1.807, 2.05) is 0 Å². The molecule has 0 heterocycles. The molecule has 3 aromatic carbocycles. The van der Waals surface area contributed by atoms with Crippen molar-refractivity contribution in [1.29, 1.82) is 0 Å². The molecule has 0 aliphatic carbocycles. The van der Waals surface area contributed by atoms with Crippen molar-refractivity contribution in [3.8, 4) is 0 Å². The van der Waals surface area contributed by atoms with Gasteiger partial charge >= 0.3 is 0 Å². The summed E-state index contributed by atoms with van der Waals surface area (Å²) in [6, 6.07) is 18.1. The normalized spacial score (nSPS) is 11.1. The summed E-state index contributed by atoms with van der Waals surface area (Å²) in [5.74, 6) is -0.759. The van der Waals surface area contributed by atoms with Gasteiger partial charge in [-0.1, -0.05) is 29.8 Å². The summed E-state index contributed by atoms with van der Waals surface area (Å²) in [7, 11) is -4.02. The molecular formula is C21H18ClFN2O3S. The van der Waals surface area contributed by atoms with Crippen molar-refractivity contribution in [3.63, 3.8) is 0 Å². The second-order valence-electron chi connectivity index (χ2n) is 6.29. The van der Waals surface area contributed by atoms with Gasteiger partial charge in [-0.05, 0) is 54.6 Å². The van der Waals surface area contributed by atoms with E-state index in [0.717, 1.165) is 4.31 Å². The predicted molar refractivity (Wildman–Crippen MR) is 112 cm³/mol. The maximum atomic E-state index is 14.2. The zero-order valence-electron chi connectivity index (χ0n) is 15.5. The molecule has 0 aliphatic heterocycles. The van der Waals surface area contributed by atoms with E-state index in [-0.39, 0.29) is 22.9 Å². The van der Waals surface area contributed by atoms with Gasteiger partial charge in [0.2, 0.25) is 5.91 Å². The molecule has 1 amide bonds. The smallest absolute Gasteiger partial charge is 0.264 e. The van der Waals surface area contributed by atoms with Crippen LogP contribution in [-0.2, 0) is 21.4 Å². The van der Waals surface area contributed by atoms with E-state index in [1.54, 1.807) is 36.4 Å². The van der Waals surface area contributed by atoms with Crippen molar-refractivity contribution in [2.75, 3.05) is 9.62 Å². The number of nitrogens with zero attached hydrogens (tertiary/aromatic N) is 1. The van der Waals surface area contributed by atoms with Crippen molar-refractivity contribution >= 4 is 38.9 Å². The molecule has 0 saturated carbocycles. The third kappa shape index (κ3) is 4.93. The van der Waals surface area contributed by atoms with Crippen LogP contribution < -0.4 is 9.62 Å². The second kappa shape index (κ2) is 8.63. The molecule has 8 heteroatoms. The molecule has 0 atom stereocenters. The van der Waals surface area contributed by atoms with Crippen molar-refractivity contribution in [3.05, 3.63) is 89.2 Å². The zero-order chi connectivity index (χ0) is 21.0. The Kier molecular flexibility index (Phi) is 6.20. The Morgan fingerprint density at radius 2 is 1.62 bits per heavy atom. The van der Waals surface area contributed by atoms with Crippen LogP contribution in [0.3, 0.4) is 0 Å². The van der Waals surface area contributed by atoms with Crippen molar-refractivity contribution in [2.45, 2.75) is 18.4 Å². The van der Waals surface area contributed by atoms with Crippen molar-refractivity contribution in [2.24, 2.45) is 0 Å². The average Bonchev–Trinajstić information content (AvgIpc) is 2.68. The Bertz CT molecular complexity index is 1120. The molecule has 150 valence electrons. The maximum Gasteiger partial charge on any atom is 0.264 e. The number of amides is 1. The number of hydrogen-bond donors (Lipinski definition) is 1. The van der Waals surface area contributed by atoms with Crippen LogP contribution >= 0.6 is 11.6 Å². The highest BCUT2D eigenvalue weighted by Gasteiger charge is 2.26. The first-order chi connectivity index (χ1) is 13.8. The Labute approximate surface area is 173 Å². The fourth-order valence-electron chi connectivity index (χ4n) is 2.74. The SMILES string of the molecule is CC(=O)Nc1ccc(S(=O)(=O)N(Cc2ccccc2F)c2ccc(Cl)cc2)cc1. The molecule has 5 nitrogen and oxygen atoms in total. The van der Waals surface area contributed by atoms with Crippen LogP contribution in [0.25, 0.3) is 0 Å². The van der Waals surface area contributed by atoms with E-state index in [2.05, 4.69) is 5.32 Å². The van der Waals surface area contributed by atoms with Gasteiger partial charge in [0, 0.05) is 23.2 Å². The summed E-state index contributed by atoms with van der Waals surface area (Å²) in [5.41, 5.74) is 1.06. The van der Waals surface area contributed by atoms with Gasteiger partial charge in [-0.25, -0.2) is 12.8 Å². The molecule has 3 rings (SSSR count). The minimum Gasteiger partial charge on any atom is -0.326 e. The Morgan fingerprint density at radius 3 is 2.21 bits per heavy atom. The van der Waals surface area contributed by atoms with E-state index in [9.17, 15) is 17.6 Å². The molecule has 0 unspecified atom stereocenters. The number of benzene rings is 3. The standard InChI is InChI=1S/C21H18ClFN2O3S/c1-15(26)24-18-8-12-20(13-9-18)29(27,28)25(19-10-6-17(22)7-11-19)14-16-4-2-3-5-21(16)23/h2-13H,14H2,1H3,(H,24,26). The molecule has 0 aliphatic rings. The number of anilines is 2. The lowest BCUT2D eigenvalue weighted by atomic mass is 10.2. The highest BCUT2D eigenvalue weighted by molar-refractivity contribution is 7.92. The number of carbonyl (C=O) groups excluding carboxylic acids is 1. The van der Waals surface area contributed by atoms with Crippen molar-refractivity contribution in [1.82, 2.24) is 0 Å². The van der Waals surface area contributed by atoms with Crippen molar-refractivity contribution < 1.29 is 17.6 Å². The summed E-state index contributed by atoms with van der Waals surface area (Å²) in [5, 5.41) is 3.04. The third-order valence-electron chi connectivity index (χ3n) is 4.15. The highest BCUT2D eigenvalue weighted by atomic mass is 35.5. The van der Waals surface area contributed by atoms with Gasteiger partial charge in [0.05, 0.1) is 17.1 Å². The first kappa shape index (κ1) is 20.8. The van der Waals surface area contributed by atoms with Crippen LogP contribution in [0.15, 0.2) is 77.7 Å². The monoisotopic (exact) mass is 432 g/mol. The summed E-state index contributed by atoms with van der Waals surface area (Å²) in [6.45, 7) is 1.17. The molecule has 1 N–H and O–H groups in total. The number of nitrogens with one attached hydrogen (secondary N) is 1. The van der Waals surface area contributed by atoms with E-state index in [0.29, 0.717) is 16.4 Å². The van der Waals surface area contributed by atoms with Gasteiger partial charge in [0.15, 0.2) is 0 Å². The molecule has 29 heavy (non-hydrogen) atoms. The minimum absolute atomic E-state index is 0.0119. The Balaban J connectivity index is 2.03. The first-order valence-corrected chi connectivity index (χ1v) is 10.5. The first-order valence-electron chi connectivity index (χ1n) is 8.67. The molecule has 0 bridgehead atoms. The summed E-state index contributed by atoms with van der Waals surface area (Å²) < 4.78 is 42.0. The third-order valence-corrected chi connectivity index (χ3v) is 6.19. The fraction of sp³-hybridized carbons (Fsp3) is 0.0952. The van der Waals surface area contributed by atoms with Crippen LogP contribution in [-0.4, -0.2) is 14.3 Å². The van der Waals surface area contributed by atoms with Crippen LogP contribution in [0.5, 0.6) is 0 Å². The van der Waals surface area contributed by atoms with Crippen LogP contribution in [0.1, 0.15) is 12.5 Å². The molecular weight excluding hydrogens is 415 g/mol. The fourth-order valence-corrected chi connectivity index (χ4v) is 4.31. The molecule has 0 saturated heterocycles. The van der Waals surface area contributed by atoms with Crippen LogP contribution in [0.4, 0.5) is 15.8 Å². The average molecular weight is 433 g/mol. The highest BCUT2D eigenvalue weighted by Crippen LogP contribution is 2.28. The minimum atomic E-state index is -4.02. The summed E-state index contributed by atoms with van der Waals surface area (Å²) >= 11 is 5.93. The number of hydrogen-bond acceptors (Lipinski definition) is 3. The van der Waals surface area contributed by atoms with Gasteiger partial charge in [-0.2, -0.15) is 0 Å². The number of halogens is 2. The largest absolute Gasteiger partial charge is 0.326 e. The van der Waals surface area contributed by atoms with E-state index >= 15 is 0 Å². The van der Waals surface area contributed by atoms with Gasteiger partial charge in [0.25, 0.3) is 10.0 Å². The quantitative estimate of drug-likeness (QED) is 0.606. The predicted octanol–water partition coefficient (Wildman–Crippen LogP) is 4.83. The number of sulfonamides is 1. The summed E-state index contributed by atoms with van der Waals surface area (Å²) in [4.78, 5) is 11.2. The molecule has 0 radical (unpaired) electrons. The Morgan fingerprint density at radius 1 is 1.00 bits per heavy atom. The van der Waals surface area contributed by atoms with Gasteiger partial charge in [0.1, 0.15) is 5.82 Å². The molecule has 0 spiro atoms. The van der Waals surface area contributed by atoms with E-state index < -0.39 is 15.8 Å². The molecule has 0 fully saturated rings. The number of carbonyl (C=O) groups is 1. The zero-order valence-corrected chi connectivity index (χ0v) is 17.0. The van der Waals surface area contributed by atoms with E-state index in [4.69, 9.17) is 11.6 Å². The summed E-state index contributed by atoms with van der Waals surface area (Å²) in [6.07, 6.45) is 0. The topological polar surface area (TPSA) is 66.5 Å². The van der Waals surface area contributed by atoms with Crippen LogP contribution in [0, 0.1) is 5.82 Å². The van der Waals surface area contributed by atoms with Crippen LogP contribution in [0.2, 0.25) is 5.02 Å². The molecule has 0 aromatic heterocycles. The van der Waals surface area contributed by atoms with Gasteiger partial charge in [-0.3, -0.25) is 9.10 Å². The number of rotatable bonds is 6. The van der Waals surface area contributed by atoms with Gasteiger partial charge < -0.3 is 5.32 Å². The Hall–Kier alpha value is -2.90. The van der Waals surface area contributed by atoms with E-state index in [1.165, 1.54) is 43.3 Å². The molecule has 3 aromatic rings. The lowest BCUT2D eigenvalue weighted by Crippen LogP contribution is -2.31.